The van der Waals surface area contributed by atoms with Crippen LogP contribution in [0.5, 0.6) is 5.75 Å². The summed E-state index contributed by atoms with van der Waals surface area (Å²) in [4.78, 5) is 25.8. The molecule has 7 nitrogen and oxygen atoms in total. The molecule has 114 valence electrons. The van der Waals surface area contributed by atoms with Crippen LogP contribution >= 0.6 is 0 Å². The first-order valence-electron chi connectivity index (χ1n) is 6.62. The molecule has 1 aromatic carbocycles. The number of nitrogens with zero attached hydrogens (tertiary/aromatic N) is 3. The smallest absolute Gasteiger partial charge is 0.271 e. The van der Waals surface area contributed by atoms with Crippen molar-refractivity contribution in [3.8, 4) is 5.75 Å². The molecule has 1 aliphatic heterocycles. The lowest BCUT2D eigenvalue weighted by Crippen LogP contribution is -2.49. The Morgan fingerprint density at radius 2 is 2.14 bits per heavy atom. The average molecular weight is 293 g/mol. The summed E-state index contributed by atoms with van der Waals surface area (Å²) in [6, 6.07) is 4.45. The van der Waals surface area contributed by atoms with Crippen molar-refractivity contribution in [1.29, 1.82) is 0 Å². The number of amides is 1. The van der Waals surface area contributed by atoms with Crippen LogP contribution in [0.25, 0.3) is 0 Å². The first kappa shape index (κ1) is 15.1. The summed E-state index contributed by atoms with van der Waals surface area (Å²) in [5.74, 6) is 0.494. The number of carbonyl (C=O) groups is 1. The van der Waals surface area contributed by atoms with E-state index in [4.69, 9.17) is 4.74 Å². The first-order chi connectivity index (χ1) is 9.69. The summed E-state index contributed by atoms with van der Waals surface area (Å²) >= 11 is 0. The van der Waals surface area contributed by atoms with Gasteiger partial charge in [-0.1, -0.05) is 0 Å². The van der Waals surface area contributed by atoms with Gasteiger partial charge in [0, 0.05) is 26.2 Å². The number of ether oxygens (including phenoxy) is 1. The van der Waals surface area contributed by atoms with E-state index < -0.39 is 10.5 Å². The third kappa shape index (κ3) is 3.24. The van der Waals surface area contributed by atoms with Gasteiger partial charge in [0.1, 0.15) is 11.4 Å². The van der Waals surface area contributed by atoms with E-state index in [1.807, 2.05) is 18.7 Å². The van der Waals surface area contributed by atoms with E-state index in [9.17, 15) is 14.9 Å². The second-order valence-electron chi connectivity index (χ2n) is 5.92. The molecular formula is C14H19N3O4. The highest BCUT2D eigenvalue weighted by Crippen LogP contribution is 2.39. The lowest BCUT2D eigenvalue weighted by Gasteiger charge is -2.40. The number of non-ortho nitro benzene ring substituents is 1. The number of hydrogen-bond donors (Lipinski definition) is 0. The Labute approximate surface area is 123 Å². The van der Waals surface area contributed by atoms with Gasteiger partial charge in [0.15, 0.2) is 0 Å². The monoisotopic (exact) mass is 293 g/mol. The molecule has 0 unspecified atom stereocenters. The fourth-order valence-corrected chi connectivity index (χ4v) is 2.27. The van der Waals surface area contributed by atoms with Crippen molar-refractivity contribution in [3.63, 3.8) is 0 Å². The summed E-state index contributed by atoms with van der Waals surface area (Å²) in [5, 5.41) is 10.9. The molecule has 0 N–H and O–H groups in total. The number of benzene rings is 1. The molecule has 1 aromatic rings. The van der Waals surface area contributed by atoms with Crippen molar-refractivity contribution in [2.75, 3.05) is 32.1 Å². The third-order valence-electron chi connectivity index (χ3n) is 3.28. The van der Waals surface area contributed by atoms with Crippen molar-refractivity contribution in [1.82, 2.24) is 4.90 Å². The number of carbonyl (C=O) groups excluding carboxylic acids is 1. The molecule has 0 bridgehead atoms. The van der Waals surface area contributed by atoms with Crippen molar-refractivity contribution in [3.05, 3.63) is 28.3 Å². The second-order valence-corrected chi connectivity index (χ2v) is 5.92. The summed E-state index contributed by atoms with van der Waals surface area (Å²) in [6.45, 7) is 4.49. The van der Waals surface area contributed by atoms with Crippen LogP contribution < -0.4 is 9.64 Å². The minimum absolute atomic E-state index is 0.0145. The van der Waals surface area contributed by atoms with Crippen molar-refractivity contribution >= 4 is 17.3 Å². The number of rotatable bonds is 3. The molecule has 21 heavy (non-hydrogen) atoms. The van der Waals surface area contributed by atoms with E-state index >= 15 is 0 Å². The maximum absolute atomic E-state index is 12.0. The van der Waals surface area contributed by atoms with Gasteiger partial charge >= 0.3 is 0 Å². The number of fused-ring (bicyclic) bond motifs is 1. The second kappa shape index (κ2) is 5.23. The van der Waals surface area contributed by atoms with Crippen LogP contribution in [0.15, 0.2) is 18.2 Å². The van der Waals surface area contributed by atoms with Gasteiger partial charge in [-0.15, -0.1) is 0 Å². The van der Waals surface area contributed by atoms with E-state index in [-0.39, 0.29) is 18.1 Å². The molecule has 1 heterocycles. The van der Waals surface area contributed by atoms with Gasteiger partial charge in [-0.3, -0.25) is 14.9 Å². The SMILES string of the molecule is CN(C)C(=O)CN1CC(C)(C)Oc2ccc([N+](=O)[O-])cc21. The van der Waals surface area contributed by atoms with E-state index in [1.165, 1.54) is 17.0 Å². The lowest BCUT2D eigenvalue weighted by atomic mass is 10.0. The molecule has 0 radical (unpaired) electrons. The van der Waals surface area contributed by atoms with Gasteiger partial charge in [0.25, 0.3) is 5.69 Å². The number of hydrogen-bond acceptors (Lipinski definition) is 5. The quantitative estimate of drug-likeness (QED) is 0.626. The van der Waals surface area contributed by atoms with Gasteiger partial charge in [-0.05, 0) is 19.9 Å². The predicted octanol–water partition coefficient (Wildman–Crippen LogP) is 1.66. The summed E-state index contributed by atoms with van der Waals surface area (Å²) in [6.07, 6.45) is 0. The number of nitro groups is 1. The number of likely N-dealkylation sites (N-methyl/N-ethyl adjacent to an activating group) is 1. The highest BCUT2D eigenvalue weighted by Gasteiger charge is 2.33. The molecule has 1 amide bonds. The Kier molecular flexibility index (Phi) is 3.76. The summed E-state index contributed by atoms with van der Waals surface area (Å²) in [7, 11) is 3.37. The molecular weight excluding hydrogens is 274 g/mol. The molecule has 0 saturated heterocycles. The Bertz CT molecular complexity index is 584. The summed E-state index contributed by atoms with van der Waals surface area (Å²) < 4.78 is 5.84. The molecule has 0 fully saturated rings. The van der Waals surface area contributed by atoms with Gasteiger partial charge in [-0.2, -0.15) is 0 Å². The Morgan fingerprint density at radius 1 is 1.48 bits per heavy atom. The largest absolute Gasteiger partial charge is 0.484 e. The number of anilines is 1. The molecule has 2 rings (SSSR count). The van der Waals surface area contributed by atoms with Gasteiger partial charge in [0.05, 0.1) is 23.7 Å². The van der Waals surface area contributed by atoms with Crippen LogP contribution in [-0.4, -0.2) is 48.5 Å². The highest BCUT2D eigenvalue weighted by molar-refractivity contribution is 5.82. The molecule has 0 aromatic heterocycles. The van der Waals surface area contributed by atoms with Crippen molar-refractivity contribution in [2.24, 2.45) is 0 Å². The van der Waals surface area contributed by atoms with Crippen LogP contribution in [0.1, 0.15) is 13.8 Å². The van der Waals surface area contributed by atoms with E-state index in [0.717, 1.165) is 0 Å². The van der Waals surface area contributed by atoms with Gasteiger partial charge in [-0.25, -0.2) is 0 Å². The van der Waals surface area contributed by atoms with Crippen LogP contribution in [0.4, 0.5) is 11.4 Å². The fourth-order valence-electron chi connectivity index (χ4n) is 2.27. The maximum atomic E-state index is 12.0. The number of nitro benzene ring substituents is 1. The zero-order valence-corrected chi connectivity index (χ0v) is 12.6. The van der Waals surface area contributed by atoms with Crippen LogP contribution in [0.3, 0.4) is 0 Å². The van der Waals surface area contributed by atoms with Crippen LogP contribution in [0.2, 0.25) is 0 Å². The summed E-state index contributed by atoms with van der Waals surface area (Å²) in [5.41, 5.74) is 0.105. The zero-order valence-electron chi connectivity index (χ0n) is 12.6. The van der Waals surface area contributed by atoms with E-state index in [1.54, 1.807) is 20.2 Å². The standard InChI is InChI=1S/C14H19N3O4/c1-14(2)9-16(8-13(18)15(3)4)11-7-10(17(19)20)5-6-12(11)21-14/h5-7H,8-9H2,1-4H3. The van der Waals surface area contributed by atoms with Gasteiger partial charge < -0.3 is 14.5 Å². The third-order valence-corrected chi connectivity index (χ3v) is 3.28. The van der Waals surface area contributed by atoms with Crippen LogP contribution in [0, 0.1) is 10.1 Å². The Balaban J connectivity index is 2.39. The maximum Gasteiger partial charge on any atom is 0.271 e. The van der Waals surface area contributed by atoms with Crippen LogP contribution in [-0.2, 0) is 4.79 Å². The zero-order chi connectivity index (χ0) is 15.8. The topological polar surface area (TPSA) is 75.9 Å². The molecule has 0 aliphatic carbocycles. The normalized spacial score (nSPS) is 15.9. The van der Waals surface area contributed by atoms with Crippen molar-refractivity contribution < 1.29 is 14.5 Å². The Morgan fingerprint density at radius 3 is 2.71 bits per heavy atom. The van der Waals surface area contributed by atoms with E-state index in [2.05, 4.69) is 0 Å². The lowest BCUT2D eigenvalue weighted by molar-refractivity contribution is -0.384. The minimum Gasteiger partial charge on any atom is -0.484 e. The molecule has 0 spiro atoms. The molecule has 7 heteroatoms. The fraction of sp³-hybridized carbons (Fsp3) is 0.500. The Hall–Kier alpha value is -2.31. The van der Waals surface area contributed by atoms with Crippen molar-refractivity contribution in [2.45, 2.75) is 19.4 Å². The molecule has 0 atom stereocenters. The highest BCUT2D eigenvalue weighted by atomic mass is 16.6. The first-order valence-corrected chi connectivity index (χ1v) is 6.62. The average Bonchev–Trinajstić information content (AvgIpc) is 2.36. The molecule has 1 aliphatic rings. The molecule has 0 saturated carbocycles. The van der Waals surface area contributed by atoms with E-state index in [0.29, 0.717) is 18.0 Å². The predicted molar refractivity (Wildman–Crippen MR) is 78.7 cm³/mol. The minimum atomic E-state index is -0.463. The van der Waals surface area contributed by atoms with Gasteiger partial charge in [0.2, 0.25) is 5.91 Å².